The molecule has 1 aromatic carbocycles. The molecule has 4 amide bonds. The van der Waals surface area contributed by atoms with Gasteiger partial charge in [-0.3, -0.25) is 9.59 Å². The van der Waals surface area contributed by atoms with Crippen molar-refractivity contribution in [2.24, 2.45) is 0 Å². The number of nitrogens with one attached hydrogen (secondary N) is 4. The first kappa shape index (κ1) is 22.7. The Morgan fingerprint density at radius 3 is 1.50 bits per heavy atom. The molecule has 0 bridgehead atoms. The maximum atomic E-state index is 12.1. The number of rotatable bonds is 10. The lowest BCUT2D eigenvalue weighted by molar-refractivity contribution is 0.0951. The van der Waals surface area contributed by atoms with E-state index >= 15 is 0 Å². The van der Waals surface area contributed by atoms with Crippen molar-refractivity contribution in [3.05, 3.63) is 35.4 Å². The van der Waals surface area contributed by atoms with Crippen molar-refractivity contribution in [3.8, 4) is 0 Å². The van der Waals surface area contributed by atoms with Crippen LogP contribution in [0.1, 0.15) is 34.6 Å². The molecule has 10 heteroatoms. The Kier molecular flexibility index (Phi) is 10.5. The van der Waals surface area contributed by atoms with E-state index in [0.717, 1.165) is 0 Å². The third-order valence-electron chi connectivity index (χ3n) is 3.30. The molecule has 0 saturated carbocycles. The predicted molar refractivity (Wildman–Crippen MR) is 101 cm³/mol. The number of carbonyl (C=O) groups excluding carboxylic acids is 4. The monoisotopic (exact) mass is 394 g/mol. The first-order valence-corrected chi connectivity index (χ1v) is 8.95. The van der Waals surface area contributed by atoms with Crippen LogP contribution < -0.4 is 21.3 Å². The first-order valence-electron chi connectivity index (χ1n) is 8.95. The Labute approximate surface area is 163 Å². The molecular weight excluding hydrogens is 368 g/mol. The van der Waals surface area contributed by atoms with Gasteiger partial charge < -0.3 is 30.7 Å². The molecular formula is C18H26N4O6. The van der Waals surface area contributed by atoms with Gasteiger partial charge in [-0.1, -0.05) is 6.07 Å². The maximum absolute atomic E-state index is 12.1. The molecule has 0 aliphatic heterocycles. The van der Waals surface area contributed by atoms with Gasteiger partial charge in [0.1, 0.15) is 0 Å². The number of hydrogen-bond acceptors (Lipinski definition) is 6. The molecule has 1 rings (SSSR count). The molecule has 0 fully saturated rings. The summed E-state index contributed by atoms with van der Waals surface area (Å²) in [7, 11) is 0. The number of alkyl carbamates (subject to hydrolysis) is 2. The molecule has 28 heavy (non-hydrogen) atoms. The topological polar surface area (TPSA) is 135 Å². The highest BCUT2D eigenvalue weighted by Crippen LogP contribution is 2.05. The number of hydrogen-bond donors (Lipinski definition) is 4. The lowest BCUT2D eigenvalue weighted by Gasteiger charge is -2.09. The van der Waals surface area contributed by atoms with Crippen molar-refractivity contribution in [2.45, 2.75) is 13.8 Å². The fourth-order valence-corrected chi connectivity index (χ4v) is 2.05. The molecule has 0 unspecified atom stereocenters. The minimum Gasteiger partial charge on any atom is -0.450 e. The number of amides is 4. The molecule has 0 aromatic heterocycles. The van der Waals surface area contributed by atoms with E-state index in [4.69, 9.17) is 9.47 Å². The highest BCUT2D eigenvalue weighted by atomic mass is 16.6. The number of ether oxygens (including phenoxy) is 2. The average molecular weight is 394 g/mol. The summed E-state index contributed by atoms with van der Waals surface area (Å²) in [6.07, 6.45) is -1.10. The molecule has 1 aromatic rings. The van der Waals surface area contributed by atoms with Crippen molar-refractivity contribution in [1.82, 2.24) is 21.3 Å². The van der Waals surface area contributed by atoms with Crippen LogP contribution in [-0.4, -0.2) is 63.4 Å². The van der Waals surface area contributed by atoms with Gasteiger partial charge in [0.05, 0.1) is 13.2 Å². The Balaban J connectivity index is 2.41. The third kappa shape index (κ3) is 8.88. The van der Waals surface area contributed by atoms with E-state index < -0.39 is 12.2 Å². The van der Waals surface area contributed by atoms with Gasteiger partial charge >= 0.3 is 12.2 Å². The van der Waals surface area contributed by atoms with E-state index in [9.17, 15) is 19.2 Å². The van der Waals surface area contributed by atoms with E-state index in [0.29, 0.717) is 11.1 Å². The maximum Gasteiger partial charge on any atom is 0.407 e. The van der Waals surface area contributed by atoms with Crippen molar-refractivity contribution in [2.75, 3.05) is 39.4 Å². The van der Waals surface area contributed by atoms with E-state index in [-0.39, 0.29) is 51.2 Å². The molecule has 0 saturated heterocycles. The second-order valence-electron chi connectivity index (χ2n) is 5.39. The fourth-order valence-electron chi connectivity index (χ4n) is 2.05. The molecule has 154 valence electrons. The van der Waals surface area contributed by atoms with Crippen LogP contribution in [0, 0.1) is 0 Å². The average Bonchev–Trinajstić information content (AvgIpc) is 2.68. The molecule has 0 radical (unpaired) electrons. The van der Waals surface area contributed by atoms with Crippen LogP contribution >= 0.6 is 0 Å². The van der Waals surface area contributed by atoms with Gasteiger partial charge in [-0.2, -0.15) is 0 Å². The normalized spacial score (nSPS) is 9.79. The SMILES string of the molecule is CCOC(=O)NCCNC(=O)c1cccc(C(=O)NCCNC(=O)OCC)c1. The van der Waals surface area contributed by atoms with Crippen molar-refractivity contribution in [1.29, 1.82) is 0 Å². The first-order chi connectivity index (χ1) is 13.5. The smallest absolute Gasteiger partial charge is 0.407 e. The summed E-state index contributed by atoms with van der Waals surface area (Å²) in [4.78, 5) is 46.5. The Morgan fingerprint density at radius 2 is 1.11 bits per heavy atom. The Hall–Kier alpha value is -3.30. The molecule has 4 N–H and O–H groups in total. The number of benzene rings is 1. The standard InChI is InChI=1S/C18H26N4O6/c1-3-27-17(25)21-10-8-19-15(23)13-6-5-7-14(12-13)16(24)20-9-11-22-18(26)28-4-2/h5-7,12H,3-4,8-11H2,1-2H3,(H,19,23)(H,20,24)(H,21,25)(H,22,26). The largest absolute Gasteiger partial charge is 0.450 e. The van der Waals surface area contributed by atoms with E-state index in [2.05, 4.69) is 21.3 Å². The molecule has 0 aliphatic carbocycles. The van der Waals surface area contributed by atoms with Crippen molar-refractivity contribution >= 4 is 24.0 Å². The summed E-state index contributed by atoms with van der Waals surface area (Å²) in [6, 6.07) is 6.21. The van der Waals surface area contributed by atoms with Crippen LogP contribution in [0.5, 0.6) is 0 Å². The summed E-state index contributed by atoms with van der Waals surface area (Å²) in [5.74, 6) is -0.742. The van der Waals surface area contributed by atoms with Gasteiger partial charge in [0.25, 0.3) is 11.8 Å². The van der Waals surface area contributed by atoms with Crippen LogP contribution in [0.25, 0.3) is 0 Å². The lowest BCUT2D eigenvalue weighted by Crippen LogP contribution is -2.35. The van der Waals surface area contributed by atoms with Crippen LogP contribution in [0.4, 0.5) is 9.59 Å². The summed E-state index contributed by atoms with van der Waals surface area (Å²) in [5, 5.41) is 10.2. The minimum absolute atomic E-state index is 0.216. The molecule has 10 nitrogen and oxygen atoms in total. The quantitative estimate of drug-likeness (QED) is 0.430. The lowest BCUT2D eigenvalue weighted by atomic mass is 10.1. The third-order valence-corrected chi connectivity index (χ3v) is 3.30. The van der Waals surface area contributed by atoms with Gasteiger partial charge in [-0.25, -0.2) is 9.59 Å². The highest BCUT2D eigenvalue weighted by molar-refractivity contribution is 5.99. The van der Waals surface area contributed by atoms with Crippen LogP contribution in [0.3, 0.4) is 0 Å². The Morgan fingerprint density at radius 1 is 0.714 bits per heavy atom. The van der Waals surface area contributed by atoms with Crippen LogP contribution in [0.15, 0.2) is 24.3 Å². The zero-order valence-electron chi connectivity index (χ0n) is 16.0. The van der Waals surface area contributed by atoms with Crippen molar-refractivity contribution < 1.29 is 28.7 Å². The summed E-state index contributed by atoms with van der Waals surface area (Å²) in [5.41, 5.74) is 0.627. The zero-order valence-corrected chi connectivity index (χ0v) is 16.0. The van der Waals surface area contributed by atoms with Gasteiger partial charge in [-0.15, -0.1) is 0 Å². The summed E-state index contributed by atoms with van der Waals surface area (Å²) >= 11 is 0. The van der Waals surface area contributed by atoms with E-state index in [1.54, 1.807) is 32.0 Å². The second-order valence-corrected chi connectivity index (χ2v) is 5.39. The van der Waals surface area contributed by atoms with Crippen molar-refractivity contribution in [3.63, 3.8) is 0 Å². The van der Waals surface area contributed by atoms with E-state index in [1.807, 2.05) is 0 Å². The number of carbonyl (C=O) groups is 4. The minimum atomic E-state index is -0.548. The van der Waals surface area contributed by atoms with Gasteiger partial charge in [0, 0.05) is 37.3 Å². The van der Waals surface area contributed by atoms with Crippen LogP contribution in [-0.2, 0) is 9.47 Å². The molecule has 0 aliphatic rings. The van der Waals surface area contributed by atoms with Gasteiger partial charge in [0.2, 0.25) is 0 Å². The summed E-state index contributed by atoms with van der Waals surface area (Å²) in [6.45, 7) is 4.80. The predicted octanol–water partition coefficient (Wildman–Crippen LogP) is 0.638. The molecule has 0 heterocycles. The Bertz CT molecular complexity index is 627. The fraction of sp³-hybridized carbons (Fsp3) is 0.444. The van der Waals surface area contributed by atoms with Gasteiger partial charge in [-0.05, 0) is 32.0 Å². The highest BCUT2D eigenvalue weighted by Gasteiger charge is 2.10. The zero-order chi connectivity index (χ0) is 20.8. The van der Waals surface area contributed by atoms with Gasteiger partial charge in [0.15, 0.2) is 0 Å². The summed E-state index contributed by atoms with van der Waals surface area (Å²) < 4.78 is 9.41. The second kappa shape index (κ2) is 13.0. The molecule has 0 atom stereocenters. The van der Waals surface area contributed by atoms with Crippen LogP contribution in [0.2, 0.25) is 0 Å². The van der Waals surface area contributed by atoms with E-state index in [1.165, 1.54) is 6.07 Å². The molecule has 0 spiro atoms.